The molecular weight excluding hydrogens is 132 g/mol. The summed E-state index contributed by atoms with van der Waals surface area (Å²) >= 11 is 0. The highest BCUT2D eigenvalue weighted by Gasteiger charge is 2.16. The summed E-state index contributed by atoms with van der Waals surface area (Å²) < 4.78 is 0. The highest BCUT2D eigenvalue weighted by Crippen LogP contribution is 2.25. The smallest absolute Gasteiger partial charge is 0.0394 e. The van der Waals surface area contributed by atoms with Gasteiger partial charge in [0.25, 0.3) is 0 Å². The van der Waals surface area contributed by atoms with E-state index in [1.807, 2.05) is 0 Å². The molecule has 0 spiro atoms. The van der Waals surface area contributed by atoms with Crippen LogP contribution in [0.1, 0.15) is 48.0 Å². The van der Waals surface area contributed by atoms with Crippen LogP contribution in [0.4, 0.5) is 0 Å². The Hall–Kier alpha value is 0. The van der Waals surface area contributed by atoms with Gasteiger partial charge in [0, 0.05) is 0 Å². The highest BCUT2D eigenvalue weighted by atomic mass is 14.2. The maximum Gasteiger partial charge on any atom is -0.0394 e. The molecule has 0 saturated carbocycles. The van der Waals surface area contributed by atoms with Crippen molar-refractivity contribution in [2.24, 2.45) is 23.7 Å². The molecule has 0 N–H and O–H groups in total. The van der Waals surface area contributed by atoms with E-state index in [1.54, 1.807) is 0 Å². The molecule has 0 aliphatic carbocycles. The molecule has 0 rings (SSSR count). The molecular formula is C11H24. The van der Waals surface area contributed by atoms with Crippen LogP contribution in [0.5, 0.6) is 0 Å². The normalized spacial score (nSPS) is 17.5. The van der Waals surface area contributed by atoms with E-state index < -0.39 is 0 Å². The molecule has 0 aromatic rings. The summed E-state index contributed by atoms with van der Waals surface area (Å²) in [6.45, 7) is 14.0. The average Bonchev–Trinajstić information content (AvgIpc) is 1.84. The summed E-state index contributed by atoms with van der Waals surface area (Å²) in [6.07, 6.45) is 1.37. The molecule has 0 saturated heterocycles. The van der Waals surface area contributed by atoms with E-state index in [9.17, 15) is 0 Å². The lowest BCUT2D eigenvalue weighted by atomic mass is 9.82. The van der Waals surface area contributed by atoms with Crippen molar-refractivity contribution in [1.29, 1.82) is 0 Å². The largest absolute Gasteiger partial charge is 0.0628 e. The van der Waals surface area contributed by atoms with Crippen molar-refractivity contribution in [3.63, 3.8) is 0 Å². The first kappa shape index (κ1) is 11.0. The lowest BCUT2D eigenvalue weighted by molar-refractivity contribution is 0.258. The fourth-order valence-electron chi connectivity index (χ4n) is 1.62. The molecule has 0 heterocycles. The average molecular weight is 156 g/mol. The van der Waals surface area contributed by atoms with Crippen LogP contribution in [0.2, 0.25) is 0 Å². The van der Waals surface area contributed by atoms with Crippen LogP contribution < -0.4 is 0 Å². The molecule has 0 heteroatoms. The third-order valence-electron chi connectivity index (χ3n) is 2.79. The summed E-state index contributed by atoms with van der Waals surface area (Å²) in [5, 5.41) is 0. The highest BCUT2D eigenvalue weighted by molar-refractivity contribution is 4.66. The third kappa shape index (κ3) is 4.44. The second-order valence-electron chi connectivity index (χ2n) is 4.71. The van der Waals surface area contributed by atoms with Gasteiger partial charge in [0.2, 0.25) is 0 Å². The van der Waals surface area contributed by atoms with Crippen molar-refractivity contribution < 1.29 is 0 Å². The summed E-state index contributed by atoms with van der Waals surface area (Å²) in [6, 6.07) is 0. The van der Waals surface area contributed by atoms with E-state index in [0.29, 0.717) is 0 Å². The molecule has 0 radical (unpaired) electrons. The Labute approximate surface area is 72.4 Å². The molecule has 0 aromatic heterocycles. The topological polar surface area (TPSA) is 0 Å². The van der Waals surface area contributed by atoms with E-state index in [2.05, 4.69) is 41.5 Å². The molecule has 0 aliphatic heterocycles. The summed E-state index contributed by atoms with van der Waals surface area (Å²) in [5.74, 6) is 3.45. The third-order valence-corrected chi connectivity index (χ3v) is 2.79. The Morgan fingerprint density at radius 2 is 1.27 bits per heavy atom. The summed E-state index contributed by atoms with van der Waals surface area (Å²) in [7, 11) is 0. The van der Waals surface area contributed by atoms with Gasteiger partial charge in [-0.3, -0.25) is 0 Å². The Morgan fingerprint density at radius 1 is 0.818 bits per heavy atom. The van der Waals surface area contributed by atoms with E-state index in [-0.39, 0.29) is 0 Å². The number of rotatable bonds is 4. The zero-order chi connectivity index (χ0) is 9.02. The Morgan fingerprint density at radius 3 is 1.55 bits per heavy atom. The molecule has 0 fully saturated rings. The zero-order valence-electron chi connectivity index (χ0n) is 9.02. The molecule has 0 aliphatic rings. The van der Waals surface area contributed by atoms with E-state index in [1.165, 1.54) is 6.42 Å². The van der Waals surface area contributed by atoms with Gasteiger partial charge in [-0.05, 0) is 30.1 Å². The van der Waals surface area contributed by atoms with E-state index in [0.717, 1.165) is 23.7 Å². The lowest BCUT2D eigenvalue weighted by Crippen LogP contribution is -2.15. The van der Waals surface area contributed by atoms with Crippen LogP contribution in [0.15, 0.2) is 0 Å². The summed E-state index contributed by atoms with van der Waals surface area (Å²) in [5.41, 5.74) is 0. The predicted molar refractivity (Wildman–Crippen MR) is 52.6 cm³/mol. The van der Waals surface area contributed by atoms with Gasteiger partial charge < -0.3 is 0 Å². The Balaban J connectivity index is 3.73. The molecule has 0 amide bonds. The van der Waals surface area contributed by atoms with Crippen molar-refractivity contribution in [2.75, 3.05) is 0 Å². The van der Waals surface area contributed by atoms with Crippen LogP contribution in [-0.4, -0.2) is 0 Å². The van der Waals surface area contributed by atoms with Crippen molar-refractivity contribution >= 4 is 0 Å². The second kappa shape index (κ2) is 4.79. The fourth-order valence-corrected chi connectivity index (χ4v) is 1.62. The van der Waals surface area contributed by atoms with Gasteiger partial charge in [-0.2, -0.15) is 0 Å². The lowest BCUT2D eigenvalue weighted by Gasteiger charge is -2.24. The Bertz CT molecular complexity index is 92.2. The van der Waals surface area contributed by atoms with Crippen LogP contribution >= 0.6 is 0 Å². The minimum Gasteiger partial charge on any atom is -0.0628 e. The molecule has 0 nitrogen and oxygen atoms in total. The number of hydrogen-bond donors (Lipinski definition) is 0. The molecule has 68 valence electrons. The minimum absolute atomic E-state index is 0.837. The van der Waals surface area contributed by atoms with Crippen molar-refractivity contribution in [3.8, 4) is 0 Å². The zero-order valence-corrected chi connectivity index (χ0v) is 9.02. The predicted octanol–water partition coefficient (Wildman–Crippen LogP) is 3.96. The van der Waals surface area contributed by atoms with Gasteiger partial charge in [0.15, 0.2) is 0 Å². The Kier molecular flexibility index (Phi) is 4.79. The molecule has 2 atom stereocenters. The van der Waals surface area contributed by atoms with Crippen LogP contribution in [0.25, 0.3) is 0 Å². The van der Waals surface area contributed by atoms with Gasteiger partial charge in [0.1, 0.15) is 0 Å². The van der Waals surface area contributed by atoms with E-state index in [4.69, 9.17) is 0 Å². The minimum atomic E-state index is 0.837. The monoisotopic (exact) mass is 156 g/mol. The molecule has 11 heavy (non-hydrogen) atoms. The van der Waals surface area contributed by atoms with E-state index >= 15 is 0 Å². The fraction of sp³-hybridized carbons (Fsp3) is 1.00. The van der Waals surface area contributed by atoms with Gasteiger partial charge in [-0.1, -0.05) is 41.5 Å². The summed E-state index contributed by atoms with van der Waals surface area (Å²) in [4.78, 5) is 0. The first-order valence-electron chi connectivity index (χ1n) is 4.95. The maximum atomic E-state index is 2.38. The first-order chi connectivity index (χ1) is 4.95. The maximum absolute atomic E-state index is 2.38. The quantitative estimate of drug-likeness (QED) is 0.578. The van der Waals surface area contributed by atoms with Gasteiger partial charge in [-0.15, -0.1) is 0 Å². The molecule has 0 aromatic carbocycles. The first-order valence-corrected chi connectivity index (χ1v) is 4.95. The van der Waals surface area contributed by atoms with Crippen molar-refractivity contribution in [3.05, 3.63) is 0 Å². The van der Waals surface area contributed by atoms with Gasteiger partial charge >= 0.3 is 0 Å². The van der Waals surface area contributed by atoms with Crippen LogP contribution in [-0.2, 0) is 0 Å². The molecule has 2 unspecified atom stereocenters. The van der Waals surface area contributed by atoms with Gasteiger partial charge in [-0.25, -0.2) is 0 Å². The standard InChI is InChI=1S/C11H24/c1-8(2)7-10(5)11(6)9(3)4/h8-11H,7H2,1-6H3. The van der Waals surface area contributed by atoms with Crippen LogP contribution in [0, 0.1) is 23.7 Å². The van der Waals surface area contributed by atoms with Crippen molar-refractivity contribution in [1.82, 2.24) is 0 Å². The van der Waals surface area contributed by atoms with Crippen LogP contribution in [0.3, 0.4) is 0 Å². The van der Waals surface area contributed by atoms with Crippen molar-refractivity contribution in [2.45, 2.75) is 48.0 Å². The van der Waals surface area contributed by atoms with Gasteiger partial charge in [0.05, 0.1) is 0 Å². The second-order valence-corrected chi connectivity index (χ2v) is 4.71. The number of hydrogen-bond acceptors (Lipinski definition) is 0. The molecule has 0 bridgehead atoms. The SMILES string of the molecule is CC(C)CC(C)C(C)C(C)C.